The highest BCUT2D eigenvalue weighted by Gasteiger charge is 2.07. The van der Waals surface area contributed by atoms with Crippen molar-refractivity contribution in [3.8, 4) is 0 Å². The third-order valence-corrected chi connectivity index (χ3v) is 1.91. The number of alkyl carbamates (subject to hydrolysis) is 1. The second-order valence-electron chi connectivity index (χ2n) is 3.33. The van der Waals surface area contributed by atoms with Gasteiger partial charge in [-0.3, -0.25) is 0 Å². The van der Waals surface area contributed by atoms with Gasteiger partial charge in [0.25, 0.3) is 0 Å². The highest BCUT2D eigenvalue weighted by molar-refractivity contribution is 5.67. The third kappa shape index (κ3) is 6.68. The summed E-state index contributed by atoms with van der Waals surface area (Å²) in [5, 5.41) is 19.9. The van der Waals surface area contributed by atoms with Crippen molar-refractivity contribution in [1.82, 2.24) is 5.32 Å². The van der Waals surface area contributed by atoms with Gasteiger partial charge in [-0.25, -0.2) is 4.79 Å². The summed E-state index contributed by atoms with van der Waals surface area (Å²) in [5.74, 6) is 0.408. The standard InChI is InChI=1S/C9H19NO4/c1-3-7(2)4-10-9(13)14-6-8(12)5-11/h7-8,11-12H,3-6H2,1-2H3,(H,10,13). The predicted octanol–water partition coefficient (Wildman–Crippen LogP) is 0.112. The molecule has 0 aliphatic carbocycles. The SMILES string of the molecule is CCC(C)CNC(=O)OCC(O)CO. The van der Waals surface area contributed by atoms with Crippen molar-refractivity contribution in [3.05, 3.63) is 0 Å². The first-order valence-corrected chi connectivity index (χ1v) is 4.79. The van der Waals surface area contributed by atoms with Crippen LogP contribution < -0.4 is 5.32 Å². The molecule has 14 heavy (non-hydrogen) atoms. The number of ether oxygens (including phenoxy) is 1. The van der Waals surface area contributed by atoms with Crippen LogP contribution in [0.1, 0.15) is 20.3 Å². The van der Waals surface area contributed by atoms with E-state index >= 15 is 0 Å². The number of hydrogen-bond acceptors (Lipinski definition) is 4. The number of aliphatic hydroxyl groups excluding tert-OH is 2. The molecule has 5 heteroatoms. The Hall–Kier alpha value is -0.810. The van der Waals surface area contributed by atoms with E-state index in [1.807, 2.05) is 13.8 Å². The molecule has 0 saturated carbocycles. The van der Waals surface area contributed by atoms with Gasteiger partial charge in [0, 0.05) is 6.54 Å². The minimum absolute atomic E-state index is 0.178. The van der Waals surface area contributed by atoms with E-state index in [1.54, 1.807) is 0 Å². The summed E-state index contributed by atoms with van der Waals surface area (Å²) in [4.78, 5) is 11.0. The van der Waals surface area contributed by atoms with Crippen LogP contribution in [0.15, 0.2) is 0 Å². The van der Waals surface area contributed by atoms with Gasteiger partial charge in [0.15, 0.2) is 0 Å². The van der Waals surface area contributed by atoms with E-state index in [1.165, 1.54) is 0 Å². The molecule has 0 fully saturated rings. The first kappa shape index (κ1) is 13.2. The lowest BCUT2D eigenvalue weighted by Crippen LogP contribution is -2.31. The van der Waals surface area contributed by atoms with Crippen molar-refractivity contribution in [3.63, 3.8) is 0 Å². The number of aliphatic hydroxyl groups is 2. The molecule has 0 aromatic rings. The van der Waals surface area contributed by atoms with E-state index in [-0.39, 0.29) is 6.61 Å². The van der Waals surface area contributed by atoms with E-state index in [0.717, 1.165) is 6.42 Å². The summed E-state index contributed by atoms with van der Waals surface area (Å²) in [6.45, 7) is 4.03. The van der Waals surface area contributed by atoms with Crippen LogP contribution >= 0.6 is 0 Å². The molecule has 5 nitrogen and oxygen atoms in total. The molecule has 0 radical (unpaired) electrons. The molecule has 0 aromatic carbocycles. The maximum Gasteiger partial charge on any atom is 0.407 e. The molecule has 0 heterocycles. The van der Waals surface area contributed by atoms with Crippen LogP contribution in [-0.4, -0.2) is 42.2 Å². The number of hydrogen-bond donors (Lipinski definition) is 3. The molecular weight excluding hydrogens is 186 g/mol. The van der Waals surface area contributed by atoms with Gasteiger partial charge in [-0.2, -0.15) is 0 Å². The molecule has 3 N–H and O–H groups in total. The van der Waals surface area contributed by atoms with E-state index < -0.39 is 18.8 Å². The Balaban J connectivity index is 3.46. The van der Waals surface area contributed by atoms with Crippen LogP contribution in [0.25, 0.3) is 0 Å². The second-order valence-corrected chi connectivity index (χ2v) is 3.33. The van der Waals surface area contributed by atoms with Crippen molar-refractivity contribution in [2.75, 3.05) is 19.8 Å². The predicted molar refractivity (Wildman–Crippen MR) is 51.9 cm³/mol. The average Bonchev–Trinajstić information content (AvgIpc) is 2.22. The van der Waals surface area contributed by atoms with E-state index in [4.69, 9.17) is 10.2 Å². The molecule has 0 aliphatic heterocycles. The molecule has 1 amide bonds. The summed E-state index contributed by atoms with van der Waals surface area (Å²) >= 11 is 0. The topological polar surface area (TPSA) is 78.8 Å². The van der Waals surface area contributed by atoms with Crippen molar-refractivity contribution < 1.29 is 19.7 Å². The Bertz CT molecular complexity index is 147. The molecular formula is C9H19NO4. The number of carbonyl (C=O) groups is 1. The van der Waals surface area contributed by atoms with Crippen LogP contribution in [0.2, 0.25) is 0 Å². The fourth-order valence-electron chi connectivity index (χ4n) is 0.678. The molecule has 2 atom stereocenters. The van der Waals surface area contributed by atoms with Crippen molar-refractivity contribution >= 4 is 6.09 Å². The van der Waals surface area contributed by atoms with E-state index in [2.05, 4.69) is 10.1 Å². The molecule has 0 saturated heterocycles. The maximum atomic E-state index is 11.0. The molecule has 0 spiro atoms. The molecule has 2 unspecified atom stereocenters. The smallest absolute Gasteiger partial charge is 0.407 e. The quantitative estimate of drug-likeness (QED) is 0.575. The zero-order chi connectivity index (χ0) is 11.0. The minimum atomic E-state index is -0.996. The lowest BCUT2D eigenvalue weighted by Gasteiger charge is -2.12. The fourth-order valence-corrected chi connectivity index (χ4v) is 0.678. The first-order chi connectivity index (χ1) is 6.60. The summed E-state index contributed by atoms with van der Waals surface area (Å²) in [6.07, 6.45) is -0.568. The lowest BCUT2D eigenvalue weighted by molar-refractivity contribution is 0.0319. The second kappa shape index (κ2) is 7.58. The van der Waals surface area contributed by atoms with Crippen molar-refractivity contribution in [2.45, 2.75) is 26.4 Å². The summed E-state index contributed by atoms with van der Waals surface area (Å²) in [6, 6.07) is 0. The Labute approximate surface area is 84.1 Å². The molecule has 84 valence electrons. The third-order valence-electron chi connectivity index (χ3n) is 1.91. The molecule has 0 aliphatic rings. The van der Waals surface area contributed by atoms with Gasteiger partial charge in [0.1, 0.15) is 12.7 Å². The van der Waals surface area contributed by atoms with E-state index in [9.17, 15) is 4.79 Å². The van der Waals surface area contributed by atoms with Gasteiger partial charge in [-0.15, -0.1) is 0 Å². The molecule has 0 bridgehead atoms. The molecule has 0 aromatic heterocycles. The minimum Gasteiger partial charge on any atom is -0.447 e. The maximum absolute atomic E-state index is 11.0. The largest absolute Gasteiger partial charge is 0.447 e. The van der Waals surface area contributed by atoms with Crippen LogP contribution in [-0.2, 0) is 4.74 Å². The van der Waals surface area contributed by atoms with Gasteiger partial charge in [0.2, 0.25) is 0 Å². The Morgan fingerprint density at radius 3 is 2.71 bits per heavy atom. The summed E-state index contributed by atoms with van der Waals surface area (Å²) < 4.78 is 4.63. The Morgan fingerprint density at radius 1 is 1.57 bits per heavy atom. The highest BCUT2D eigenvalue weighted by atomic mass is 16.6. The van der Waals surface area contributed by atoms with Crippen LogP contribution in [0.5, 0.6) is 0 Å². The van der Waals surface area contributed by atoms with Gasteiger partial charge in [-0.05, 0) is 5.92 Å². The van der Waals surface area contributed by atoms with Gasteiger partial charge in [0.05, 0.1) is 6.61 Å². The zero-order valence-electron chi connectivity index (χ0n) is 8.69. The number of rotatable bonds is 6. The number of carbonyl (C=O) groups excluding carboxylic acids is 1. The van der Waals surface area contributed by atoms with Gasteiger partial charge in [-0.1, -0.05) is 20.3 Å². The van der Waals surface area contributed by atoms with Crippen LogP contribution in [0.3, 0.4) is 0 Å². The lowest BCUT2D eigenvalue weighted by atomic mass is 10.1. The first-order valence-electron chi connectivity index (χ1n) is 4.79. The Kier molecular flexibility index (Phi) is 7.14. The monoisotopic (exact) mass is 205 g/mol. The summed E-state index contributed by atoms with van der Waals surface area (Å²) in [7, 11) is 0. The normalized spacial score (nSPS) is 14.6. The number of nitrogens with one attached hydrogen (secondary N) is 1. The highest BCUT2D eigenvalue weighted by Crippen LogP contribution is 1.97. The molecule has 0 rings (SSSR count). The summed E-state index contributed by atoms with van der Waals surface area (Å²) in [5.41, 5.74) is 0. The van der Waals surface area contributed by atoms with Crippen molar-refractivity contribution in [2.24, 2.45) is 5.92 Å². The fraction of sp³-hybridized carbons (Fsp3) is 0.889. The van der Waals surface area contributed by atoms with Gasteiger partial charge < -0.3 is 20.3 Å². The zero-order valence-corrected chi connectivity index (χ0v) is 8.69. The Morgan fingerprint density at radius 2 is 2.21 bits per heavy atom. The van der Waals surface area contributed by atoms with Crippen LogP contribution in [0, 0.1) is 5.92 Å². The number of amides is 1. The average molecular weight is 205 g/mol. The van der Waals surface area contributed by atoms with Crippen molar-refractivity contribution in [1.29, 1.82) is 0 Å². The van der Waals surface area contributed by atoms with Crippen LogP contribution in [0.4, 0.5) is 4.79 Å². The van der Waals surface area contributed by atoms with Gasteiger partial charge >= 0.3 is 6.09 Å². The van der Waals surface area contributed by atoms with E-state index in [0.29, 0.717) is 12.5 Å².